The molecule has 0 saturated heterocycles. The summed E-state index contributed by atoms with van der Waals surface area (Å²) in [5, 5.41) is 0.740. The van der Waals surface area contributed by atoms with Crippen LogP contribution in [0.4, 0.5) is 0 Å². The number of benzene rings is 2. The predicted molar refractivity (Wildman–Crippen MR) is 114 cm³/mol. The normalized spacial score (nSPS) is 23.2. The fourth-order valence-corrected chi connectivity index (χ4v) is 9.74. The second kappa shape index (κ2) is 7.28. The van der Waals surface area contributed by atoms with Gasteiger partial charge in [-0.1, -0.05) is 110 Å². The maximum absolute atomic E-state index is 2.45. The summed E-state index contributed by atoms with van der Waals surface area (Å²) in [6.45, 7) is 14.7. The molecular formula is C23H31BP. The van der Waals surface area contributed by atoms with Gasteiger partial charge < -0.3 is 0 Å². The molecule has 131 valence electrons. The fraction of sp³-hybridized carbons (Fsp3) is 0.478. The molecule has 0 nitrogen and oxygen atoms in total. The summed E-state index contributed by atoms with van der Waals surface area (Å²) >= 11 is 0. The van der Waals surface area contributed by atoms with Crippen LogP contribution >= 0.6 is 7.92 Å². The van der Waals surface area contributed by atoms with Crippen molar-refractivity contribution in [3.05, 3.63) is 71.8 Å². The molecule has 1 aliphatic carbocycles. The van der Waals surface area contributed by atoms with E-state index in [0.29, 0.717) is 22.1 Å². The molecule has 25 heavy (non-hydrogen) atoms. The molecule has 1 aliphatic rings. The molecule has 2 heteroatoms. The molecule has 2 unspecified atom stereocenters. The lowest BCUT2D eigenvalue weighted by molar-refractivity contribution is 0.700. The molecule has 3 radical (unpaired) electrons. The highest BCUT2D eigenvalue weighted by atomic mass is 31.1. The number of hydrogen-bond acceptors (Lipinski definition) is 0. The van der Waals surface area contributed by atoms with E-state index >= 15 is 0 Å². The van der Waals surface area contributed by atoms with Crippen molar-refractivity contribution >= 4 is 16.3 Å². The van der Waals surface area contributed by atoms with E-state index in [0.717, 1.165) is 5.66 Å². The average Bonchev–Trinajstić information content (AvgIpc) is 3.20. The van der Waals surface area contributed by atoms with Gasteiger partial charge in [-0.15, -0.1) is 0 Å². The molecule has 1 fully saturated rings. The lowest BCUT2D eigenvalue weighted by Gasteiger charge is -2.42. The van der Waals surface area contributed by atoms with Crippen molar-refractivity contribution in [1.82, 2.24) is 0 Å². The van der Waals surface area contributed by atoms with E-state index < -0.39 is 0 Å². The van der Waals surface area contributed by atoms with Crippen LogP contribution < -0.4 is 0 Å². The van der Waals surface area contributed by atoms with Gasteiger partial charge >= 0.3 is 0 Å². The van der Waals surface area contributed by atoms with Crippen LogP contribution in [0.5, 0.6) is 0 Å². The lowest BCUT2D eigenvalue weighted by Crippen LogP contribution is -2.27. The lowest BCUT2D eigenvalue weighted by atomic mass is 10.0. The van der Waals surface area contributed by atoms with Gasteiger partial charge in [-0.3, -0.25) is 0 Å². The molecule has 2 aromatic rings. The van der Waals surface area contributed by atoms with Crippen LogP contribution in [0.15, 0.2) is 60.7 Å². The molecule has 0 spiro atoms. The Bertz CT molecular complexity index is 607. The highest BCUT2D eigenvalue weighted by molar-refractivity contribution is 7.62. The zero-order chi connectivity index (χ0) is 17.5. The first-order valence-corrected chi connectivity index (χ1v) is 10.5. The van der Waals surface area contributed by atoms with E-state index in [1.54, 1.807) is 0 Å². The molecule has 0 amide bonds. The number of rotatable bonds is 3. The summed E-state index contributed by atoms with van der Waals surface area (Å²) in [6.07, 6.45) is 0. The second-order valence-corrected chi connectivity index (χ2v) is 13.1. The van der Waals surface area contributed by atoms with Crippen molar-refractivity contribution in [2.24, 2.45) is 0 Å². The molecule has 2 aromatic carbocycles. The zero-order valence-electron chi connectivity index (χ0n) is 16.5. The molecule has 0 heterocycles. The average molecular weight is 349 g/mol. The van der Waals surface area contributed by atoms with Crippen LogP contribution in [0.25, 0.3) is 0 Å². The largest absolute Gasteiger partial charge is 0.0912 e. The van der Waals surface area contributed by atoms with Gasteiger partial charge in [0.1, 0.15) is 0 Å². The second-order valence-electron chi connectivity index (χ2n) is 9.08. The summed E-state index contributed by atoms with van der Waals surface area (Å²) in [5.74, 6) is 1.36. The first-order valence-electron chi connectivity index (χ1n) is 9.10. The minimum atomic E-state index is -0.116. The third-order valence-corrected chi connectivity index (χ3v) is 9.22. The minimum absolute atomic E-state index is 0. The van der Waals surface area contributed by atoms with Gasteiger partial charge in [-0.05, 0) is 38.9 Å². The van der Waals surface area contributed by atoms with Crippen molar-refractivity contribution in [2.75, 3.05) is 0 Å². The Labute approximate surface area is 157 Å². The molecule has 0 aromatic heterocycles. The van der Waals surface area contributed by atoms with Gasteiger partial charge in [-0.25, -0.2) is 0 Å². The van der Waals surface area contributed by atoms with E-state index in [4.69, 9.17) is 0 Å². The van der Waals surface area contributed by atoms with Gasteiger partial charge in [0.25, 0.3) is 0 Å². The standard InChI is InChI=1S/C23H31P.B/c1-22(2,3)24(23(4,5)6)21-19(17-13-9-7-10-14-17)20(21)18-15-11-8-12-16-18;/h7-16,19-21H,1-6H3;. The Morgan fingerprint density at radius 3 is 1.20 bits per heavy atom. The SMILES string of the molecule is CC(C)(C)P(C1C(c2ccccc2)C1c1ccccc1)C(C)(C)C.[B]. The van der Waals surface area contributed by atoms with Crippen LogP contribution in [-0.4, -0.2) is 24.4 Å². The van der Waals surface area contributed by atoms with Crippen molar-refractivity contribution in [2.45, 2.75) is 69.3 Å². The van der Waals surface area contributed by atoms with Crippen LogP contribution in [-0.2, 0) is 0 Å². The molecule has 0 bridgehead atoms. The topological polar surface area (TPSA) is 0 Å². The van der Waals surface area contributed by atoms with Gasteiger partial charge in [0, 0.05) is 8.41 Å². The van der Waals surface area contributed by atoms with E-state index in [9.17, 15) is 0 Å². The molecular weight excluding hydrogens is 318 g/mol. The van der Waals surface area contributed by atoms with Gasteiger partial charge in [0.2, 0.25) is 0 Å². The molecule has 2 atom stereocenters. The van der Waals surface area contributed by atoms with E-state index in [2.05, 4.69) is 102 Å². The maximum Gasteiger partial charge on any atom is 0 e. The van der Waals surface area contributed by atoms with Gasteiger partial charge in [-0.2, -0.15) is 0 Å². The van der Waals surface area contributed by atoms with Crippen LogP contribution in [0.2, 0.25) is 0 Å². The smallest absolute Gasteiger partial charge is 0 e. The number of hydrogen-bond donors (Lipinski definition) is 0. The minimum Gasteiger partial charge on any atom is -0.0912 e. The molecule has 1 saturated carbocycles. The third kappa shape index (κ3) is 4.20. The van der Waals surface area contributed by atoms with Crippen LogP contribution in [0.3, 0.4) is 0 Å². The fourth-order valence-electron chi connectivity index (χ4n) is 4.68. The maximum atomic E-state index is 2.45. The Balaban J connectivity index is 0.00000225. The molecule has 0 aliphatic heterocycles. The summed E-state index contributed by atoms with van der Waals surface area (Å²) in [6, 6.07) is 22.4. The highest BCUT2D eigenvalue weighted by Gasteiger charge is 2.59. The Morgan fingerprint density at radius 1 is 0.600 bits per heavy atom. The van der Waals surface area contributed by atoms with Crippen molar-refractivity contribution in [3.8, 4) is 0 Å². The first kappa shape index (κ1) is 20.2. The Morgan fingerprint density at radius 2 is 0.920 bits per heavy atom. The quantitative estimate of drug-likeness (QED) is 0.431. The van der Waals surface area contributed by atoms with E-state index in [-0.39, 0.29) is 16.3 Å². The van der Waals surface area contributed by atoms with E-state index in [1.165, 1.54) is 11.1 Å². The van der Waals surface area contributed by atoms with Crippen molar-refractivity contribution in [3.63, 3.8) is 0 Å². The Kier molecular flexibility index (Phi) is 5.90. The van der Waals surface area contributed by atoms with Crippen molar-refractivity contribution < 1.29 is 0 Å². The van der Waals surface area contributed by atoms with Gasteiger partial charge in [0.15, 0.2) is 0 Å². The Hall–Kier alpha value is -1.07. The molecule has 0 N–H and O–H groups in total. The van der Waals surface area contributed by atoms with Gasteiger partial charge in [0.05, 0.1) is 0 Å². The van der Waals surface area contributed by atoms with E-state index in [1.807, 2.05) is 0 Å². The predicted octanol–water partition coefficient (Wildman–Crippen LogP) is 6.63. The first-order chi connectivity index (χ1) is 11.2. The van der Waals surface area contributed by atoms with Crippen LogP contribution in [0, 0.1) is 0 Å². The van der Waals surface area contributed by atoms with Crippen LogP contribution in [0.1, 0.15) is 64.5 Å². The summed E-state index contributed by atoms with van der Waals surface area (Å²) in [7, 11) is -0.116. The summed E-state index contributed by atoms with van der Waals surface area (Å²) in [5.41, 5.74) is 3.83. The summed E-state index contributed by atoms with van der Waals surface area (Å²) < 4.78 is 0. The highest BCUT2D eigenvalue weighted by Crippen LogP contribution is 2.77. The van der Waals surface area contributed by atoms with Crippen molar-refractivity contribution in [1.29, 1.82) is 0 Å². The third-order valence-electron chi connectivity index (χ3n) is 5.09. The summed E-state index contributed by atoms with van der Waals surface area (Å²) in [4.78, 5) is 0. The monoisotopic (exact) mass is 349 g/mol. The molecule has 3 rings (SSSR count). The zero-order valence-corrected chi connectivity index (χ0v) is 17.4.